The average Bonchev–Trinajstić information content (AvgIpc) is 3.10. The molecule has 0 saturated heterocycles. The molecule has 4 rings (SSSR count). The van der Waals surface area contributed by atoms with Crippen molar-refractivity contribution in [2.75, 3.05) is 42.7 Å². The number of phenolic OH excluding ortho intramolecular Hbond substituents is 4. The Labute approximate surface area is 284 Å². The number of benzene rings is 4. The molecular formula is C36H38O12S. The molecule has 0 aromatic heterocycles. The number of aromatic hydroxyl groups is 4. The van der Waals surface area contributed by atoms with Crippen molar-refractivity contribution < 1.29 is 57.3 Å². The van der Waals surface area contributed by atoms with E-state index in [4.69, 9.17) is 28.4 Å². The molecule has 4 aromatic rings. The molecule has 0 heterocycles. The maximum absolute atomic E-state index is 15.3. The van der Waals surface area contributed by atoms with Crippen LogP contribution in [0.25, 0.3) is 12.2 Å². The Morgan fingerprint density at radius 3 is 1.08 bits per heavy atom. The first-order chi connectivity index (χ1) is 23.4. The van der Waals surface area contributed by atoms with Gasteiger partial charge in [0.2, 0.25) is 0 Å². The summed E-state index contributed by atoms with van der Waals surface area (Å²) in [5, 5.41) is 37.0. The van der Waals surface area contributed by atoms with E-state index < -0.39 is 31.8 Å². The number of ether oxygens (including phenoxy) is 6. The quantitative estimate of drug-likeness (QED) is 0.111. The molecule has 0 aliphatic heterocycles. The van der Waals surface area contributed by atoms with Crippen LogP contribution in [0.5, 0.6) is 57.5 Å². The van der Waals surface area contributed by atoms with Crippen molar-refractivity contribution in [1.29, 1.82) is 0 Å². The maximum Gasteiger partial charge on any atom is 0.172 e. The van der Waals surface area contributed by atoms with Gasteiger partial charge in [-0.05, 0) is 35.4 Å². The van der Waals surface area contributed by atoms with Crippen LogP contribution in [0.2, 0.25) is 0 Å². The van der Waals surface area contributed by atoms with Crippen LogP contribution in [0.15, 0.2) is 72.8 Å². The molecule has 2 unspecified atom stereocenters. The minimum Gasteiger partial charge on any atom is -0.504 e. The third-order valence-corrected chi connectivity index (χ3v) is 9.91. The Hall–Kier alpha value is -5.69. The molecular weight excluding hydrogens is 656 g/mol. The monoisotopic (exact) mass is 694 g/mol. The zero-order chi connectivity index (χ0) is 35.9. The molecule has 4 N–H and O–H groups in total. The second kappa shape index (κ2) is 15.5. The Morgan fingerprint density at radius 1 is 0.490 bits per heavy atom. The van der Waals surface area contributed by atoms with E-state index in [-0.39, 0.29) is 45.6 Å². The van der Waals surface area contributed by atoms with Crippen LogP contribution in [0.4, 0.5) is 0 Å². The van der Waals surface area contributed by atoms with Gasteiger partial charge in [-0.2, -0.15) is 0 Å². The van der Waals surface area contributed by atoms with Crippen LogP contribution < -0.4 is 28.4 Å². The van der Waals surface area contributed by atoms with Crippen molar-refractivity contribution in [3.8, 4) is 57.5 Å². The van der Waals surface area contributed by atoms with Gasteiger partial charge in [0, 0.05) is 24.3 Å². The predicted octanol–water partition coefficient (Wildman–Crippen LogP) is 6.18. The van der Waals surface area contributed by atoms with E-state index in [1.54, 1.807) is 0 Å². The summed E-state index contributed by atoms with van der Waals surface area (Å²) in [5.41, 5.74) is 1.04. The van der Waals surface area contributed by atoms with Crippen LogP contribution >= 0.6 is 0 Å². The summed E-state index contributed by atoms with van der Waals surface area (Å²) in [6.07, 6.45) is 5.77. The summed E-state index contributed by atoms with van der Waals surface area (Å²) in [4.78, 5) is 0. The fourth-order valence-electron chi connectivity index (χ4n) is 5.21. The molecule has 12 nitrogen and oxygen atoms in total. The van der Waals surface area contributed by atoms with Crippen molar-refractivity contribution >= 4 is 22.0 Å². The Balaban J connectivity index is 2.08. The van der Waals surface area contributed by atoms with Gasteiger partial charge >= 0.3 is 0 Å². The minimum atomic E-state index is -4.51. The Kier molecular flexibility index (Phi) is 11.4. The Morgan fingerprint density at radius 2 is 0.816 bits per heavy atom. The molecule has 260 valence electrons. The summed E-state index contributed by atoms with van der Waals surface area (Å²) >= 11 is 0. The molecule has 0 saturated carbocycles. The first-order valence-corrected chi connectivity index (χ1v) is 16.3. The van der Waals surface area contributed by atoms with Crippen LogP contribution in [0.1, 0.15) is 32.8 Å². The number of hydrogen-bond acceptors (Lipinski definition) is 12. The summed E-state index contributed by atoms with van der Waals surface area (Å²) in [6, 6.07) is 14.2. The minimum absolute atomic E-state index is 0.136. The number of sulfone groups is 1. The highest BCUT2D eigenvalue weighted by molar-refractivity contribution is 7.92. The van der Waals surface area contributed by atoms with Gasteiger partial charge in [-0.15, -0.1) is 0 Å². The molecule has 0 spiro atoms. The number of phenols is 4. The van der Waals surface area contributed by atoms with E-state index in [1.165, 1.54) is 128 Å². The van der Waals surface area contributed by atoms with Crippen LogP contribution in [0.3, 0.4) is 0 Å². The fraction of sp³-hybridized carbons (Fsp3) is 0.222. The third-order valence-electron chi connectivity index (χ3n) is 7.71. The van der Waals surface area contributed by atoms with Gasteiger partial charge in [-0.25, -0.2) is 8.42 Å². The highest BCUT2D eigenvalue weighted by Gasteiger charge is 2.40. The highest BCUT2D eigenvalue weighted by atomic mass is 32.2. The van der Waals surface area contributed by atoms with Crippen molar-refractivity contribution in [3.05, 3.63) is 95.1 Å². The lowest BCUT2D eigenvalue weighted by Crippen LogP contribution is -2.21. The van der Waals surface area contributed by atoms with E-state index >= 15 is 8.42 Å². The normalized spacial score (nSPS) is 12.9. The first kappa shape index (κ1) is 36.2. The molecule has 49 heavy (non-hydrogen) atoms. The summed E-state index contributed by atoms with van der Waals surface area (Å²) < 4.78 is 64.2. The fourth-order valence-corrected chi connectivity index (χ4v) is 7.24. The lowest BCUT2D eigenvalue weighted by molar-refractivity contribution is 0.368. The van der Waals surface area contributed by atoms with Gasteiger partial charge in [0.05, 0.1) is 53.8 Å². The van der Waals surface area contributed by atoms with E-state index in [2.05, 4.69) is 0 Å². The lowest BCUT2D eigenvalue weighted by Gasteiger charge is -2.27. The van der Waals surface area contributed by atoms with Gasteiger partial charge < -0.3 is 48.8 Å². The third kappa shape index (κ3) is 7.73. The molecule has 0 aliphatic carbocycles. The number of hydrogen-bond donors (Lipinski definition) is 4. The van der Waals surface area contributed by atoms with Crippen LogP contribution in [-0.4, -0.2) is 71.5 Å². The number of methoxy groups -OCH3 is 6. The van der Waals surface area contributed by atoms with E-state index in [0.717, 1.165) is 0 Å². The van der Waals surface area contributed by atoms with Crippen molar-refractivity contribution in [3.63, 3.8) is 0 Å². The zero-order valence-electron chi connectivity index (χ0n) is 27.7. The van der Waals surface area contributed by atoms with Crippen molar-refractivity contribution in [1.82, 2.24) is 0 Å². The maximum atomic E-state index is 15.3. The summed E-state index contributed by atoms with van der Waals surface area (Å²) in [7, 11) is 3.91. The molecule has 0 radical (unpaired) electrons. The molecule has 0 fully saturated rings. The smallest absolute Gasteiger partial charge is 0.172 e. The van der Waals surface area contributed by atoms with E-state index in [0.29, 0.717) is 22.6 Å². The summed E-state index contributed by atoms with van der Waals surface area (Å²) in [5.74, 6) is -0.214. The first-order valence-electron chi connectivity index (χ1n) is 14.6. The summed E-state index contributed by atoms with van der Waals surface area (Å²) in [6.45, 7) is 0. The van der Waals surface area contributed by atoms with Crippen molar-refractivity contribution in [2.45, 2.75) is 10.5 Å². The van der Waals surface area contributed by atoms with E-state index in [1.807, 2.05) is 0 Å². The van der Waals surface area contributed by atoms with E-state index in [9.17, 15) is 20.4 Å². The van der Waals surface area contributed by atoms with Crippen LogP contribution in [0, 0.1) is 0 Å². The molecule has 0 bridgehead atoms. The largest absolute Gasteiger partial charge is 0.504 e. The average molecular weight is 695 g/mol. The standard InChI is InChI=1S/C36H38O12S/c1-43-23-17-29(45-3)35(30(18-23)46-4)33(13-9-21-7-11-25(37)27(39)15-21)49(41,42)34(14-10-22-8-12-26(38)28(40)16-22)36-31(47-5)19-24(44-2)20-32(36)48-6/h7-20,33-34,37-40H,1-6H3/b13-9-,14-10-. The Bertz CT molecular complexity index is 1780. The molecule has 2 atom stereocenters. The van der Waals surface area contributed by atoms with Gasteiger partial charge in [0.15, 0.2) is 32.8 Å². The van der Waals surface area contributed by atoms with Crippen molar-refractivity contribution in [2.24, 2.45) is 0 Å². The zero-order valence-corrected chi connectivity index (χ0v) is 28.5. The SMILES string of the molecule is COc1cc(OC)c(C(/C=C\c2ccc(O)c(O)c2)S(=O)(=O)C(/C=C\c2ccc(O)c(O)c2)c2c(OC)cc(OC)cc2OC)c(OC)c1. The molecule has 4 aromatic carbocycles. The number of rotatable bonds is 14. The molecule has 13 heteroatoms. The highest BCUT2D eigenvalue weighted by Crippen LogP contribution is 2.50. The molecule has 0 aliphatic rings. The predicted molar refractivity (Wildman–Crippen MR) is 184 cm³/mol. The van der Waals surface area contributed by atoms with Crippen LogP contribution in [-0.2, 0) is 9.84 Å². The topological polar surface area (TPSA) is 170 Å². The second-order valence-corrected chi connectivity index (χ2v) is 12.7. The van der Waals surface area contributed by atoms with Gasteiger partial charge in [-0.3, -0.25) is 0 Å². The second-order valence-electron chi connectivity index (χ2n) is 10.5. The lowest BCUT2D eigenvalue weighted by atomic mass is 10.1. The molecule has 0 amide bonds. The van der Waals surface area contributed by atoms with Gasteiger partial charge in [0.1, 0.15) is 45.0 Å². The van der Waals surface area contributed by atoms with Gasteiger partial charge in [0.25, 0.3) is 0 Å². The van der Waals surface area contributed by atoms with Gasteiger partial charge in [-0.1, -0.05) is 36.4 Å².